The number of nitrogens with zero attached hydrogens (tertiary/aromatic N) is 1. The van der Waals surface area contributed by atoms with Crippen LogP contribution in [0.15, 0.2) is 59.5 Å². The van der Waals surface area contributed by atoms with Gasteiger partial charge in [-0.1, -0.05) is 48.5 Å². The first-order chi connectivity index (χ1) is 11.9. The standard InChI is InChI=1S/C19H19NO4S/c1-14(22)20(16(12-21)11-15-7-3-2-4-8-15)18-13-25(23,24)19-10-6-5-9-17(18)19/h2-10,12,16,18H,11,13H2,1H3/t16?,18-/m1/s1. The Morgan fingerprint density at radius 3 is 2.44 bits per heavy atom. The lowest BCUT2D eigenvalue weighted by atomic mass is 10.0. The molecule has 6 heteroatoms. The van der Waals surface area contributed by atoms with Crippen LogP contribution in [0, 0.1) is 0 Å². The molecule has 1 unspecified atom stereocenters. The maximum Gasteiger partial charge on any atom is 0.220 e. The van der Waals surface area contributed by atoms with E-state index in [1.807, 2.05) is 30.3 Å². The third-order valence-corrected chi connectivity index (χ3v) is 6.29. The van der Waals surface area contributed by atoms with Gasteiger partial charge in [0, 0.05) is 6.92 Å². The lowest BCUT2D eigenvalue weighted by molar-refractivity contribution is -0.136. The molecule has 0 aliphatic carbocycles. The summed E-state index contributed by atoms with van der Waals surface area (Å²) in [5.74, 6) is -0.504. The molecule has 0 fully saturated rings. The Labute approximate surface area is 147 Å². The molecule has 2 aromatic rings. The van der Waals surface area contributed by atoms with Gasteiger partial charge in [0.1, 0.15) is 6.29 Å². The highest BCUT2D eigenvalue weighted by Crippen LogP contribution is 2.38. The molecule has 0 N–H and O–H groups in total. The Bertz CT molecular complexity index is 893. The van der Waals surface area contributed by atoms with Gasteiger partial charge in [-0.15, -0.1) is 0 Å². The zero-order valence-corrected chi connectivity index (χ0v) is 14.6. The molecule has 2 aromatic carbocycles. The van der Waals surface area contributed by atoms with Gasteiger partial charge >= 0.3 is 0 Å². The topological polar surface area (TPSA) is 71.5 Å². The summed E-state index contributed by atoms with van der Waals surface area (Å²) >= 11 is 0. The van der Waals surface area contributed by atoms with E-state index in [1.165, 1.54) is 11.8 Å². The first-order valence-electron chi connectivity index (χ1n) is 8.04. The van der Waals surface area contributed by atoms with E-state index in [9.17, 15) is 18.0 Å². The van der Waals surface area contributed by atoms with Gasteiger partial charge in [-0.25, -0.2) is 8.42 Å². The van der Waals surface area contributed by atoms with E-state index in [1.54, 1.807) is 24.3 Å². The number of sulfone groups is 1. The largest absolute Gasteiger partial charge is 0.325 e. The molecule has 2 atom stereocenters. The highest BCUT2D eigenvalue weighted by atomic mass is 32.2. The molecule has 1 amide bonds. The van der Waals surface area contributed by atoms with Crippen LogP contribution in [-0.2, 0) is 25.8 Å². The lowest BCUT2D eigenvalue weighted by Crippen LogP contribution is -2.44. The molecule has 5 nitrogen and oxygen atoms in total. The fraction of sp³-hybridized carbons (Fsp3) is 0.263. The van der Waals surface area contributed by atoms with Crippen molar-refractivity contribution < 1.29 is 18.0 Å². The molecule has 3 rings (SSSR count). The van der Waals surface area contributed by atoms with Crippen LogP contribution in [0.2, 0.25) is 0 Å². The van der Waals surface area contributed by atoms with Gasteiger partial charge in [-0.2, -0.15) is 0 Å². The number of carbonyl (C=O) groups is 2. The first-order valence-corrected chi connectivity index (χ1v) is 9.69. The van der Waals surface area contributed by atoms with Crippen LogP contribution < -0.4 is 0 Å². The Balaban J connectivity index is 1.99. The van der Waals surface area contributed by atoms with Gasteiger partial charge in [0.05, 0.1) is 22.7 Å². The van der Waals surface area contributed by atoms with E-state index in [4.69, 9.17) is 0 Å². The number of benzene rings is 2. The van der Waals surface area contributed by atoms with E-state index in [2.05, 4.69) is 0 Å². The molecule has 0 saturated heterocycles. The van der Waals surface area contributed by atoms with E-state index in [0.717, 1.165) is 11.8 Å². The molecular formula is C19H19NO4S. The Morgan fingerprint density at radius 1 is 1.16 bits per heavy atom. The quantitative estimate of drug-likeness (QED) is 0.769. The second-order valence-corrected chi connectivity index (χ2v) is 8.16. The summed E-state index contributed by atoms with van der Waals surface area (Å²) in [5, 5.41) is 0. The molecule has 0 radical (unpaired) electrons. The summed E-state index contributed by atoms with van der Waals surface area (Å²) in [7, 11) is -3.46. The molecular weight excluding hydrogens is 338 g/mol. The fourth-order valence-electron chi connectivity index (χ4n) is 3.41. The van der Waals surface area contributed by atoms with E-state index >= 15 is 0 Å². The minimum atomic E-state index is -3.46. The Morgan fingerprint density at radius 2 is 1.80 bits per heavy atom. The third-order valence-electron chi connectivity index (χ3n) is 4.49. The third kappa shape index (κ3) is 3.35. The van der Waals surface area contributed by atoms with Crippen LogP contribution in [0.25, 0.3) is 0 Å². The fourth-order valence-corrected chi connectivity index (χ4v) is 5.19. The molecule has 25 heavy (non-hydrogen) atoms. The molecule has 1 aliphatic rings. The van der Waals surface area contributed by atoms with E-state index in [-0.39, 0.29) is 16.6 Å². The minimum absolute atomic E-state index is 0.189. The van der Waals surface area contributed by atoms with Crippen molar-refractivity contribution >= 4 is 22.0 Å². The van der Waals surface area contributed by atoms with Gasteiger partial charge in [-0.3, -0.25) is 4.79 Å². The molecule has 1 aliphatic heterocycles. The number of hydrogen-bond donors (Lipinski definition) is 0. The van der Waals surface area contributed by atoms with E-state index in [0.29, 0.717) is 12.0 Å². The van der Waals surface area contributed by atoms with Gasteiger partial charge < -0.3 is 9.69 Å². The van der Waals surface area contributed by atoms with Crippen LogP contribution in [0.5, 0.6) is 0 Å². The highest BCUT2D eigenvalue weighted by Gasteiger charge is 2.41. The normalized spacial score (nSPS) is 19.0. The zero-order chi connectivity index (χ0) is 18.0. The number of hydrogen-bond acceptors (Lipinski definition) is 4. The number of fused-ring (bicyclic) bond motifs is 1. The zero-order valence-electron chi connectivity index (χ0n) is 13.8. The van der Waals surface area contributed by atoms with Gasteiger partial charge in [0.25, 0.3) is 0 Å². The summed E-state index contributed by atoms with van der Waals surface area (Å²) in [6.45, 7) is 1.37. The van der Waals surface area contributed by atoms with Crippen LogP contribution in [-0.4, -0.2) is 37.3 Å². The molecule has 130 valence electrons. The Hall–Kier alpha value is -2.47. The average Bonchev–Trinajstić information content (AvgIpc) is 2.86. The minimum Gasteiger partial charge on any atom is -0.325 e. The maximum absolute atomic E-state index is 12.4. The van der Waals surface area contributed by atoms with Gasteiger partial charge in [0.15, 0.2) is 9.84 Å². The van der Waals surface area contributed by atoms with Crippen LogP contribution in [0.4, 0.5) is 0 Å². The number of aldehydes is 1. The van der Waals surface area contributed by atoms with Crippen LogP contribution in [0.1, 0.15) is 24.1 Å². The number of rotatable bonds is 5. The van der Waals surface area contributed by atoms with Crippen molar-refractivity contribution in [1.29, 1.82) is 0 Å². The first kappa shape index (κ1) is 17.4. The molecule has 0 bridgehead atoms. The lowest BCUT2D eigenvalue weighted by Gasteiger charge is -2.33. The summed E-state index contributed by atoms with van der Waals surface area (Å²) < 4.78 is 24.9. The second-order valence-electron chi connectivity index (χ2n) is 6.15. The summed E-state index contributed by atoms with van der Waals surface area (Å²) in [4.78, 5) is 25.7. The Kier molecular flexibility index (Phi) is 4.72. The maximum atomic E-state index is 12.4. The molecule has 0 aromatic heterocycles. The molecule has 0 saturated carbocycles. The number of amides is 1. The van der Waals surface area contributed by atoms with Crippen molar-refractivity contribution in [2.75, 3.05) is 5.75 Å². The van der Waals surface area contributed by atoms with Crippen molar-refractivity contribution in [1.82, 2.24) is 4.90 Å². The predicted octanol–water partition coefficient (Wildman–Crippen LogP) is 2.17. The van der Waals surface area contributed by atoms with Gasteiger partial charge in [-0.05, 0) is 23.6 Å². The summed E-state index contributed by atoms with van der Waals surface area (Å²) in [6, 6.07) is 14.7. The average molecular weight is 357 g/mol. The van der Waals surface area contributed by atoms with E-state index < -0.39 is 21.9 Å². The smallest absolute Gasteiger partial charge is 0.220 e. The van der Waals surface area contributed by atoms with Crippen LogP contribution >= 0.6 is 0 Å². The molecule has 1 heterocycles. The molecule has 0 spiro atoms. The monoisotopic (exact) mass is 357 g/mol. The predicted molar refractivity (Wildman–Crippen MR) is 93.8 cm³/mol. The van der Waals surface area contributed by atoms with Crippen molar-refractivity contribution in [3.63, 3.8) is 0 Å². The summed E-state index contributed by atoms with van der Waals surface area (Å²) in [6.07, 6.45) is 1.07. The van der Waals surface area contributed by atoms with Crippen molar-refractivity contribution in [3.8, 4) is 0 Å². The SMILES string of the molecule is CC(=O)N(C(C=O)Cc1ccccc1)[C@@H]1CS(=O)(=O)c2ccccc21. The van der Waals surface area contributed by atoms with Crippen LogP contribution in [0.3, 0.4) is 0 Å². The number of carbonyl (C=O) groups excluding carboxylic acids is 2. The highest BCUT2D eigenvalue weighted by molar-refractivity contribution is 7.91. The van der Waals surface area contributed by atoms with Crippen molar-refractivity contribution in [2.24, 2.45) is 0 Å². The second kappa shape index (κ2) is 6.80. The van der Waals surface area contributed by atoms with Gasteiger partial charge in [0.2, 0.25) is 5.91 Å². The van der Waals surface area contributed by atoms with Crippen molar-refractivity contribution in [2.45, 2.75) is 30.3 Å². The van der Waals surface area contributed by atoms with Crippen molar-refractivity contribution in [3.05, 3.63) is 65.7 Å². The summed E-state index contributed by atoms with van der Waals surface area (Å²) in [5.41, 5.74) is 1.50.